The van der Waals surface area contributed by atoms with Gasteiger partial charge in [0.15, 0.2) is 0 Å². The average Bonchev–Trinajstić information content (AvgIpc) is 2.31. The minimum atomic E-state index is -4.07. The summed E-state index contributed by atoms with van der Waals surface area (Å²) in [4.78, 5) is 1.53. The first-order valence-electron chi connectivity index (χ1n) is 7.39. The van der Waals surface area contributed by atoms with Crippen LogP contribution in [-0.2, 0) is 0 Å². The van der Waals surface area contributed by atoms with Crippen LogP contribution in [-0.4, -0.2) is 36.5 Å². The summed E-state index contributed by atoms with van der Waals surface area (Å²) in [6, 6.07) is 0. The Kier molecular flexibility index (Phi) is 12.0. The molecule has 0 bridgehead atoms. The SMILES string of the molecule is CCCN(CCCCCCCCCS)CC(F)(F)F. The van der Waals surface area contributed by atoms with Crippen LogP contribution in [0.3, 0.4) is 0 Å². The lowest BCUT2D eigenvalue weighted by Gasteiger charge is -2.22. The van der Waals surface area contributed by atoms with Gasteiger partial charge in [-0.1, -0.05) is 39.0 Å². The van der Waals surface area contributed by atoms with Gasteiger partial charge in [-0.05, 0) is 38.1 Å². The molecule has 0 amide bonds. The van der Waals surface area contributed by atoms with E-state index >= 15 is 0 Å². The number of hydrogen-bond acceptors (Lipinski definition) is 2. The van der Waals surface area contributed by atoms with Crippen molar-refractivity contribution in [1.29, 1.82) is 0 Å². The number of rotatable bonds is 12. The molecule has 0 aromatic carbocycles. The van der Waals surface area contributed by atoms with Gasteiger partial charge in [0.25, 0.3) is 0 Å². The fourth-order valence-corrected chi connectivity index (χ4v) is 2.39. The van der Waals surface area contributed by atoms with Crippen LogP contribution >= 0.6 is 12.6 Å². The predicted molar refractivity (Wildman–Crippen MR) is 79.0 cm³/mol. The molecular weight excluding hydrogens is 271 g/mol. The molecule has 0 atom stereocenters. The molecular formula is C14H28F3NS. The van der Waals surface area contributed by atoms with Crippen LogP contribution < -0.4 is 0 Å². The van der Waals surface area contributed by atoms with Crippen molar-refractivity contribution in [2.24, 2.45) is 0 Å². The third-order valence-corrected chi connectivity index (χ3v) is 3.39. The first-order valence-corrected chi connectivity index (χ1v) is 8.02. The third-order valence-electron chi connectivity index (χ3n) is 3.08. The fraction of sp³-hybridized carbons (Fsp3) is 1.00. The molecule has 19 heavy (non-hydrogen) atoms. The molecule has 0 radical (unpaired) electrons. The van der Waals surface area contributed by atoms with E-state index in [2.05, 4.69) is 12.6 Å². The number of halogens is 3. The van der Waals surface area contributed by atoms with Crippen LogP contribution in [0.1, 0.15) is 58.3 Å². The largest absolute Gasteiger partial charge is 0.401 e. The van der Waals surface area contributed by atoms with Gasteiger partial charge in [0.2, 0.25) is 0 Å². The van der Waals surface area contributed by atoms with Crippen molar-refractivity contribution in [3.05, 3.63) is 0 Å². The Balaban J connectivity index is 3.53. The maximum Gasteiger partial charge on any atom is 0.401 e. The molecule has 116 valence electrons. The first-order chi connectivity index (χ1) is 8.99. The summed E-state index contributed by atoms with van der Waals surface area (Å²) >= 11 is 4.16. The number of thiol groups is 1. The summed E-state index contributed by atoms with van der Waals surface area (Å²) in [7, 11) is 0. The van der Waals surface area contributed by atoms with E-state index < -0.39 is 12.7 Å². The Hall–Kier alpha value is 0.100. The van der Waals surface area contributed by atoms with Crippen molar-refractivity contribution in [1.82, 2.24) is 4.90 Å². The van der Waals surface area contributed by atoms with Gasteiger partial charge in [-0.25, -0.2) is 0 Å². The zero-order valence-corrected chi connectivity index (χ0v) is 12.9. The normalized spacial score (nSPS) is 12.3. The highest BCUT2D eigenvalue weighted by Gasteiger charge is 2.29. The van der Waals surface area contributed by atoms with Crippen LogP contribution in [0, 0.1) is 0 Å². The van der Waals surface area contributed by atoms with Crippen molar-refractivity contribution in [2.75, 3.05) is 25.4 Å². The van der Waals surface area contributed by atoms with Gasteiger partial charge in [-0.2, -0.15) is 25.8 Å². The zero-order chi connectivity index (χ0) is 14.6. The molecule has 0 aliphatic rings. The van der Waals surface area contributed by atoms with Crippen LogP contribution in [0.15, 0.2) is 0 Å². The summed E-state index contributed by atoms with van der Waals surface area (Å²) in [5, 5.41) is 0. The zero-order valence-electron chi connectivity index (χ0n) is 12.0. The molecule has 0 saturated heterocycles. The van der Waals surface area contributed by atoms with E-state index in [1.165, 1.54) is 30.6 Å². The minimum absolute atomic E-state index is 0.543. The lowest BCUT2D eigenvalue weighted by atomic mass is 10.1. The predicted octanol–water partition coefficient (Wildman–Crippen LogP) is 4.92. The second-order valence-corrected chi connectivity index (χ2v) is 5.54. The van der Waals surface area contributed by atoms with Crippen LogP contribution in [0.4, 0.5) is 13.2 Å². The highest BCUT2D eigenvalue weighted by atomic mass is 32.1. The van der Waals surface area contributed by atoms with E-state index in [4.69, 9.17) is 0 Å². The number of hydrogen-bond donors (Lipinski definition) is 1. The fourth-order valence-electron chi connectivity index (χ4n) is 2.17. The molecule has 0 heterocycles. The molecule has 0 aliphatic heterocycles. The maximum absolute atomic E-state index is 12.3. The Morgan fingerprint density at radius 1 is 0.842 bits per heavy atom. The van der Waals surface area contributed by atoms with Crippen molar-refractivity contribution in [2.45, 2.75) is 64.5 Å². The lowest BCUT2D eigenvalue weighted by Crippen LogP contribution is -2.35. The number of nitrogens with zero attached hydrogens (tertiary/aromatic N) is 1. The Morgan fingerprint density at radius 3 is 1.84 bits per heavy atom. The van der Waals surface area contributed by atoms with Crippen molar-refractivity contribution in [3.63, 3.8) is 0 Å². The summed E-state index contributed by atoms with van der Waals surface area (Å²) in [5.74, 6) is 0.948. The smallest absolute Gasteiger partial charge is 0.295 e. The van der Waals surface area contributed by atoms with Gasteiger partial charge < -0.3 is 0 Å². The quantitative estimate of drug-likeness (QED) is 0.395. The molecule has 0 N–H and O–H groups in total. The van der Waals surface area contributed by atoms with Gasteiger partial charge >= 0.3 is 6.18 Å². The Bertz CT molecular complexity index is 198. The molecule has 0 aliphatic carbocycles. The van der Waals surface area contributed by atoms with Crippen molar-refractivity contribution < 1.29 is 13.2 Å². The Morgan fingerprint density at radius 2 is 1.37 bits per heavy atom. The molecule has 0 spiro atoms. The summed E-state index contributed by atoms with van der Waals surface area (Å²) in [5.41, 5.74) is 0. The molecule has 0 saturated carbocycles. The molecule has 0 fully saturated rings. The van der Waals surface area contributed by atoms with Gasteiger partial charge in [-0.3, -0.25) is 4.90 Å². The monoisotopic (exact) mass is 299 g/mol. The van der Waals surface area contributed by atoms with E-state index in [0.717, 1.165) is 31.4 Å². The Labute approximate surface area is 121 Å². The second kappa shape index (κ2) is 11.9. The van der Waals surface area contributed by atoms with Crippen molar-refractivity contribution >= 4 is 12.6 Å². The van der Waals surface area contributed by atoms with E-state index in [1.807, 2.05) is 6.92 Å². The minimum Gasteiger partial charge on any atom is -0.295 e. The van der Waals surface area contributed by atoms with Gasteiger partial charge in [0.05, 0.1) is 6.54 Å². The highest BCUT2D eigenvalue weighted by molar-refractivity contribution is 7.80. The first kappa shape index (κ1) is 19.1. The molecule has 0 aromatic heterocycles. The lowest BCUT2D eigenvalue weighted by molar-refractivity contribution is -0.146. The average molecular weight is 299 g/mol. The van der Waals surface area contributed by atoms with Crippen LogP contribution in [0.25, 0.3) is 0 Å². The molecule has 5 heteroatoms. The van der Waals surface area contributed by atoms with Crippen LogP contribution in [0.5, 0.6) is 0 Å². The molecule has 1 nitrogen and oxygen atoms in total. The van der Waals surface area contributed by atoms with E-state index in [0.29, 0.717) is 13.1 Å². The van der Waals surface area contributed by atoms with Gasteiger partial charge in [-0.15, -0.1) is 0 Å². The van der Waals surface area contributed by atoms with Gasteiger partial charge in [0.1, 0.15) is 0 Å². The summed E-state index contributed by atoms with van der Waals surface area (Å²) in [6.07, 6.45) is 4.57. The standard InChI is InChI=1S/C14H28F3NS/c1-2-10-18(13-14(15,16)17)11-8-6-4-3-5-7-9-12-19/h19H,2-13H2,1H3. The molecule has 0 rings (SSSR count). The highest BCUT2D eigenvalue weighted by Crippen LogP contribution is 2.17. The third kappa shape index (κ3) is 14.3. The number of unbranched alkanes of at least 4 members (excludes halogenated alkanes) is 6. The van der Waals surface area contributed by atoms with E-state index in [9.17, 15) is 13.2 Å². The summed E-state index contributed by atoms with van der Waals surface area (Å²) in [6.45, 7) is 2.28. The van der Waals surface area contributed by atoms with E-state index in [1.54, 1.807) is 0 Å². The molecule has 0 aromatic rings. The second-order valence-electron chi connectivity index (χ2n) is 5.09. The van der Waals surface area contributed by atoms with Crippen LogP contribution in [0.2, 0.25) is 0 Å². The molecule has 0 unspecified atom stereocenters. The topological polar surface area (TPSA) is 3.24 Å². The summed E-state index contributed by atoms with van der Waals surface area (Å²) < 4.78 is 37.0. The van der Waals surface area contributed by atoms with Gasteiger partial charge in [0, 0.05) is 0 Å². The van der Waals surface area contributed by atoms with Crippen molar-refractivity contribution in [3.8, 4) is 0 Å². The maximum atomic E-state index is 12.3. The van der Waals surface area contributed by atoms with E-state index in [-0.39, 0.29) is 0 Å². The number of alkyl halides is 3.